The number of carbonyl (C=O) groups is 4. The summed E-state index contributed by atoms with van der Waals surface area (Å²) >= 11 is 5.74. The van der Waals surface area contributed by atoms with Gasteiger partial charge in [-0.2, -0.15) is 0 Å². The highest BCUT2D eigenvalue weighted by atomic mass is 32.1. The van der Waals surface area contributed by atoms with Crippen LogP contribution in [0.25, 0.3) is 0 Å². The SMILES string of the molecule is CC(=O)OCC1O[C@@H](NC(=S)N2CC3CC(C2)c2cccc(=O)n2C3)C(OC(C)=O)C(OC(C)=O)[C@@H]1OC(C)=O. The van der Waals surface area contributed by atoms with Crippen LogP contribution in [0.15, 0.2) is 23.0 Å². The second-order valence-electron chi connectivity index (χ2n) is 10.2. The molecule has 0 spiro atoms. The first-order chi connectivity index (χ1) is 18.9. The summed E-state index contributed by atoms with van der Waals surface area (Å²) in [6.07, 6.45) is -5.11. The van der Waals surface area contributed by atoms with Gasteiger partial charge < -0.3 is 38.5 Å². The molecule has 4 rings (SSSR count). The van der Waals surface area contributed by atoms with Crippen molar-refractivity contribution in [1.82, 2.24) is 14.8 Å². The molecule has 0 saturated carbocycles. The van der Waals surface area contributed by atoms with Gasteiger partial charge in [0.1, 0.15) is 12.7 Å². The van der Waals surface area contributed by atoms with Gasteiger partial charge in [0.15, 0.2) is 29.7 Å². The lowest BCUT2D eigenvalue weighted by Crippen LogP contribution is -2.67. The van der Waals surface area contributed by atoms with Crippen LogP contribution >= 0.6 is 12.2 Å². The van der Waals surface area contributed by atoms with Gasteiger partial charge in [-0.25, -0.2) is 0 Å². The summed E-state index contributed by atoms with van der Waals surface area (Å²) in [5, 5.41) is 3.37. The van der Waals surface area contributed by atoms with E-state index in [1.807, 2.05) is 15.5 Å². The normalized spacial score (nSPS) is 28.9. The van der Waals surface area contributed by atoms with Crippen LogP contribution in [0, 0.1) is 5.92 Å². The highest BCUT2D eigenvalue weighted by Crippen LogP contribution is 2.35. The highest BCUT2D eigenvalue weighted by molar-refractivity contribution is 7.80. The lowest BCUT2D eigenvalue weighted by Gasteiger charge is -2.47. The fourth-order valence-corrected chi connectivity index (χ4v) is 5.89. The molecule has 2 saturated heterocycles. The van der Waals surface area contributed by atoms with Gasteiger partial charge in [-0.3, -0.25) is 24.0 Å². The number of hydrogen-bond acceptors (Lipinski definition) is 11. The van der Waals surface area contributed by atoms with Gasteiger partial charge in [0.25, 0.3) is 5.56 Å². The fourth-order valence-electron chi connectivity index (χ4n) is 5.62. The van der Waals surface area contributed by atoms with Crippen LogP contribution < -0.4 is 10.9 Å². The van der Waals surface area contributed by atoms with Crippen molar-refractivity contribution < 1.29 is 42.9 Å². The zero-order chi connectivity index (χ0) is 29.1. The zero-order valence-corrected chi connectivity index (χ0v) is 23.5. The van der Waals surface area contributed by atoms with Crippen LogP contribution in [0.5, 0.6) is 0 Å². The van der Waals surface area contributed by atoms with E-state index < -0.39 is 54.5 Å². The molecule has 0 aliphatic carbocycles. The van der Waals surface area contributed by atoms with Crippen molar-refractivity contribution in [1.29, 1.82) is 0 Å². The van der Waals surface area contributed by atoms with Gasteiger partial charge in [0.2, 0.25) is 0 Å². The second-order valence-corrected chi connectivity index (χ2v) is 10.6. The number of likely N-dealkylation sites (tertiary alicyclic amines) is 1. The zero-order valence-electron chi connectivity index (χ0n) is 22.7. The number of piperidine rings is 1. The van der Waals surface area contributed by atoms with Crippen LogP contribution in [0.3, 0.4) is 0 Å². The summed E-state index contributed by atoms with van der Waals surface area (Å²) in [6.45, 7) is 6.07. The summed E-state index contributed by atoms with van der Waals surface area (Å²) in [4.78, 5) is 62.0. The summed E-state index contributed by atoms with van der Waals surface area (Å²) in [5.74, 6) is -2.46. The number of aromatic nitrogens is 1. The average Bonchev–Trinajstić information content (AvgIpc) is 2.86. The van der Waals surface area contributed by atoms with Gasteiger partial charge in [-0.05, 0) is 30.6 Å². The molecule has 13 nitrogen and oxygen atoms in total. The predicted molar refractivity (Wildman–Crippen MR) is 141 cm³/mol. The maximum absolute atomic E-state index is 12.4. The second kappa shape index (κ2) is 12.3. The summed E-state index contributed by atoms with van der Waals surface area (Å²) in [7, 11) is 0. The minimum Gasteiger partial charge on any atom is -0.463 e. The molecule has 40 heavy (non-hydrogen) atoms. The molecular formula is C26H33N3O10S. The third-order valence-electron chi connectivity index (χ3n) is 7.02. The number of esters is 4. The van der Waals surface area contributed by atoms with Gasteiger partial charge >= 0.3 is 23.9 Å². The van der Waals surface area contributed by atoms with Crippen molar-refractivity contribution >= 4 is 41.2 Å². The standard InChI is InChI=1S/C26H33N3O10S/c1-13(30)35-12-20-22(36-14(2)31)23(37-15(3)32)24(38-16(4)33)25(39-20)27-26(40)28-9-17-8-18(11-28)19-6-5-7-21(34)29(19)10-17/h5-7,17-18,20,22-25H,8-12H2,1-4H3,(H,27,40)/t17?,18?,20?,22-,23?,24?,25-/m1/s1. The van der Waals surface area contributed by atoms with Crippen LogP contribution in [0.1, 0.15) is 45.7 Å². The Bertz CT molecular complexity index is 1240. The van der Waals surface area contributed by atoms with E-state index in [1.165, 1.54) is 13.8 Å². The van der Waals surface area contributed by atoms with Crippen LogP contribution in [-0.2, 0) is 49.4 Å². The number of pyridine rings is 1. The smallest absolute Gasteiger partial charge is 0.303 e. The van der Waals surface area contributed by atoms with Gasteiger partial charge in [0, 0.05) is 65.0 Å². The molecule has 4 heterocycles. The van der Waals surface area contributed by atoms with E-state index in [0.29, 0.717) is 24.7 Å². The number of rotatable bonds is 6. The monoisotopic (exact) mass is 579 g/mol. The van der Waals surface area contributed by atoms with E-state index in [4.69, 9.17) is 35.9 Å². The Morgan fingerprint density at radius 1 is 0.925 bits per heavy atom. The molecule has 3 aliphatic rings. The molecule has 2 bridgehead atoms. The quantitative estimate of drug-likeness (QED) is 0.278. The van der Waals surface area contributed by atoms with E-state index >= 15 is 0 Å². The Balaban J connectivity index is 1.59. The number of fused-ring (bicyclic) bond motifs is 4. The first kappa shape index (κ1) is 29.5. The Kier molecular flexibility index (Phi) is 9.08. The van der Waals surface area contributed by atoms with E-state index in [2.05, 4.69) is 5.32 Å². The third-order valence-corrected chi connectivity index (χ3v) is 7.40. The Hall–Kier alpha value is -3.52. The molecule has 5 unspecified atom stereocenters. The van der Waals surface area contributed by atoms with E-state index in [-0.39, 0.29) is 24.0 Å². The molecule has 0 amide bonds. The topological polar surface area (TPSA) is 152 Å². The number of ether oxygens (including phenoxy) is 5. The molecule has 0 radical (unpaired) electrons. The minimum atomic E-state index is -1.29. The number of nitrogens with one attached hydrogen (secondary N) is 1. The van der Waals surface area contributed by atoms with Gasteiger partial charge in [-0.15, -0.1) is 0 Å². The molecule has 1 aromatic rings. The Morgan fingerprint density at radius 3 is 2.23 bits per heavy atom. The van der Waals surface area contributed by atoms with E-state index in [1.54, 1.807) is 12.1 Å². The van der Waals surface area contributed by atoms with Gasteiger partial charge in [0.05, 0.1) is 0 Å². The number of nitrogens with zero attached hydrogens (tertiary/aromatic N) is 2. The van der Waals surface area contributed by atoms with Crippen molar-refractivity contribution in [3.8, 4) is 0 Å². The molecule has 1 N–H and O–H groups in total. The predicted octanol–water partition coefficient (Wildman–Crippen LogP) is 0.225. The average molecular weight is 580 g/mol. The van der Waals surface area contributed by atoms with Crippen LogP contribution in [0.2, 0.25) is 0 Å². The number of carbonyl (C=O) groups excluding carboxylic acids is 4. The van der Waals surface area contributed by atoms with E-state index in [0.717, 1.165) is 26.0 Å². The van der Waals surface area contributed by atoms with Crippen molar-refractivity contribution in [3.63, 3.8) is 0 Å². The number of hydrogen-bond donors (Lipinski definition) is 1. The maximum atomic E-state index is 12.4. The lowest BCUT2D eigenvalue weighted by molar-refractivity contribution is -0.255. The van der Waals surface area contributed by atoms with Crippen LogP contribution in [-0.4, -0.2) is 88.8 Å². The summed E-state index contributed by atoms with van der Waals surface area (Å²) in [6, 6.07) is 5.25. The molecule has 2 fully saturated rings. The fraction of sp³-hybridized carbons (Fsp3) is 0.615. The van der Waals surface area contributed by atoms with Gasteiger partial charge in [-0.1, -0.05) is 6.07 Å². The molecule has 3 aliphatic heterocycles. The maximum Gasteiger partial charge on any atom is 0.303 e. The van der Waals surface area contributed by atoms with Crippen molar-refractivity contribution in [2.75, 3.05) is 19.7 Å². The Labute approximate surface area is 236 Å². The van der Waals surface area contributed by atoms with E-state index in [9.17, 15) is 24.0 Å². The van der Waals surface area contributed by atoms with Crippen LogP contribution in [0.4, 0.5) is 0 Å². The summed E-state index contributed by atoms with van der Waals surface area (Å²) in [5.41, 5.74) is 0.919. The lowest BCUT2D eigenvalue weighted by atomic mass is 9.83. The molecule has 0 aromatic carbocycles. The molecular weight excluding hydrogens is 546 g/mol. The first-order valence-corrected chi connectivity index (χ1v) is 13.4. The van der Waals surface area contributed by atoms with Crippen molar-refractivity contribution in [2.45, 2.75) is 77.2 Å². The number of thiocarbonyl (C=S) groups is 1. The van der Waals surface area contributed by atoms with Crippen molar-refractivity contribution in [2.24, 2.45) is 5.92 Å². The Morgan fingerprint density at radius 2 is 1.57 bits per heavy atom. The van der Waals surface area contributed by atoms with Crippen molar-refractivity contribution in [3.05, 3.63) is 34.2 Å². The molecule has 218 valence electrons. The molecule has 7 atom stereocenters. The molecule has 14 heteroatoms. The first-order valence-electron chi connectivity index (χ1n) is 13.0. The summed E-state index contributed by atoms with van der Waals surface area (Å²) < 4.78 is 29.4. The molecule has 1 aromatic heterocycles. The highest BCUT2D eigenvalue weighted by Gasteiger charge is 2.52. The minimum absolute atomic E-state index is 0.0288. The largest absolute Gasteiger partial charge is 0.463 e. The third kappa shape index (κ3) is 6.78.